The van der Waals surface area contributed by atoms with E-state index in [1.807, 2.05) is 51.2 Å². The molecule has 1 N–H and O–H groups in total. The molecule has 0 aromatic heterocycles. The van der Waals surface area contributed by atoms with Crippen LogP contribution in [0.5, 0.6) is 0 Å². The highest BCUT2D eigenvalue weighted by atomic mass is 15.1. The lowest BCUT2D eigenvalue weighted by Crippen LogP contribution is -2.08. The molecule has 0 fully saturated rings. The molecule has 0 saturated heterocycles. The first kappa shape index (κ1) is 10.8. The Balaban J connectivity index is 4.15. The van der Waals surface area contributed by atoms with E-state index in [0.29, 0.717) is 0 Å². The van der Waals surface area contributed by atoms with Crippen molar-refractivity contribution in [2.75, 3.05) is 21.1 Å². The monoisotopic (exact) mass is 166 g/mol. The third kappa shape index (κ3) is 3.86. The maximum atomic E-state index is 3.88. The van der Waals surface area contributed by atoms with Crippen molar-refractivity contribution in [1.29, 1.82) is 0 Å². The molecule has 2 heteroatoms. The van der Waals surface area contributed by atoms with Crippen molar-refractivity contribution in [3.8, 4) is 0 Å². The van der Waals surface area contributed by atoms with E-state index in [9.17, 15) is 0 Å². The minimum atomic E-state index is 0.990. The van der Waals surface area contributed by atoms with Gasteiger partial charge in [-0.05, 0) is 19.1 Å². The first-order chi connectivity index (χ1) is 5.61. The van der Waals surface area contributed by atoms with Crippen molar-refractivity contribution in [1.82, 2.24) is 10.2 Å². The molecule has 0 aliphatic heterocycles. The van der Waals surface area contributed by atoms with Gasteiger partial charge in [-0.1, -0.05) is 12.7 Å². The zero-order chi connectivity index (χ0) is 9.56. The lowest BCUT2D eigenvalue weighted by molar-refractivity contribution is 0.532. The van der Waals surface area contributed by atoms with Crippen LogP contribution in [0.2, 0.25) is 0 Å². The van der Waals surface area contributed by atoms with Gasteiger partial charge in [-0.3, -0.25) is 0 Å². The molecule has 0 unspecified atom stereocenters. The molecule has 0 saturated carbocycles. The fourth-order valence-corrected chi connectivity index (χ4v) is 0.659. The number of hydrogen-bond donors (Lipinski definition) is 1. The van der Waals surface area contributed by atoms with Crippen molar-refractivity contribution in [3.05, 3.63) is 36.2 Å². The quantitative estimate of drug-likeness (QED) is 0.640. The molecule has 2 nitrogen and oxygen atoms in total. The van der Waals surface area contributed by atoms with Gasteiger partial charge in [0, 0.05) is 32.5 Å². The Hall–Kier alpha value is -1.18. The number of rotatable bonds is 4. The molecular weight excluding hydrogens is 148 g/mol. The van der Waals surface area contributed by atoms with Crippen molar-refractivity contribution >= 4 is 0 Å². The van der Waals surface area contributed by atoms with Gasteiger partial charge in [0.2, 0.25) is 0 Å². The smallest absolute Gasteiger partial charge is 0.0294 e. The second-order valence-corrected chi connectivity index (χ2v) is 2.71. The molecule has 0 radical (unpaired) electrons. The second kappa shape index (κ2) is 5.47. The van der Waals surface area contributed by atoms with E-state index in [4.69, 9.17) is 0 Å². The van der Waals surface area contributed by atoms with Crippen LogP contribution in [0.1, 0.15) is 6.92 Å². The lowest BCUT2D eigenvalue weighted by atomic mass is 10.3. The average Bonchev–Trinajstić information content (AvgIpc) is 2.05. The van der Waals surface area contributed by atoms with Crippen LogP contribution in [-0.4, -0.2) is 26.0 Å². The van der Waals surface area contributed by atoms with Gasteiger partial charge in [0.1, 0.15) is 0 Å². The summed E-state index contributed by atoms with van der Waals surface area (Å²) in [6, 6.07) is 0. The number of likely N-dealkylation sites (N-methyl/N-ethyl adjacent to an activating group) is 2. The summed E-state index contributed by atoms with van der Waals surface area (Å²) in [6.07, 6.45) is 5.99. The minimum absolute atomic E-state index is 0.990. The number of hydrogen-bond acceptors (Lipinski definition) is 2. The van der Waals surface area contributed by atoms with Gasteiger partial charge in [0.15, 0.2) is 0 Å². The molecule has 0 aliphatic carbocycles. The zero-order valence-corrected chi connectivity index (χ0v) is 8.39. The number of nitrogens with zero attached hydrogens (tertiary/aromatic N) is 1. The van der Waals surface area contributed by atoms with Gasteiger partial charge >= 0.3 is 0 Å². The molecule has 0 amide bonds. The van der Waals surface area contributed by atoms with Crippen LogP contribution in [0.4, 0.5) is 0 Å². The third-order valence-electron chi connectivity index (χ3n) is 1.63. The van der Waals surface area contributed by atoms with Crippen molar-refractivity contribution < 1.29 is 0 Å². The molecule has 0 spiro atoms. The normalized spacial score (nSPS) is 11.8. The fourth-order valence-electron chi connectivity index (χ4n) is 0.659. The van der Waals surface area contributed by atoms with E-state index in [-0.39, 0.29) is 0 Å². The average molecular weight is 166 g/mol. The first-order valence-electron chi connectivity index (χ1n) is 4.00. The maximum Gasteiger partial charge on any atom is 0.0294 e. The highest BCUT2D eigenvalue weighted by molar-refractivity contribution is 5.23. The Kier molecular flexibility index (Phi) is 4.93. The van der Waals surface area contributed by atoms with Crippen LogP contribution in [0.25, 0.3) is 0 Å². The topological polar surface area (TPSA) is 15.3 Å². The highest BCUT2D eigenvalue weighted by Crippen LogP contribution is 1.99. The molecule has 0 aromatic rings. The van der Waals surface area contributed by atoms with Crippen LogP contribution in [0.15, 0.2) is 36.2 Å². The Bertz CT molecular complexity index is 200. The van der Waals surface area contributed by atoms with Gasteiger partial charge in [-0.15, -0.1) is 0 Å². The second-order valence-electron chi connectivity index (χ2n) is 2.71. The van der Waals surface area contributed by atoms with Crippen LogP contribution in [0, 0.1) is 0 Å². The molecule has 68 valence electrons. The predicted molar refractivity (Wildman–Crippen MR) is 54.8 cm³/mol. The fraction of sp³-hybridized carbons (Fsp3) is 0.400. The van der Waals surface area contributed by atoms with Gasteiger partial charge in [0.25, 0.3) is 0 Å². The van der Waals surface area contributed by atoms with Crippen LogP contribution in [0.3, 0.4) is 0 Å². The largest absolute Gasteiger partial charge is 0.388 e. The van der Waals surface area contributed by atoms with E-state index < -0.39 is 0 Å². The predicted octanol–water partition coefficient (Wildman–Crippen LogP) is 1.74. The summed E-state index contributed by atoms with van der Waals surface area (Å²) < 4.78 is 0. The summed E-state index contributed by atoms with van der Waals surface area (Å²) in [7, 11) is 5.85. The Morgan fingerprint density at radius 1 is 1.33 bits per heavy atom. The Morgan fingerprint density at radius 2 is 1.92 bits per heavy atom. The molecule has 0 aliphatic rings. The summed E-state index contributed by atoms with van der Waals surface area (Å²) in [5, 5.41) is 3.06. The Morgan fingerprint density at radius 3 is 2.25 bits per heavy atom. The summed E-state index contributed by atoms with van der Waals surface area (Å²) >= 11 is 0. The van der Waals surface area contributed by atoms with Crippen LogP contribution >= 0.6 is 0 Å². The van der Waals surface area contributed by atoms with Crippen molar-refractivity contribution in [2.24, 2.45) is 0 Å². The standard InChI is InChI=1S/C10H18N2/c1-6-10(11-3)8-7-9(2)12(4)5/h6-8,11H,2H2,1,3-5H3/b8-7-,10-6+. The first-order valence-corrected chi connectivity index (χ1v) is 4.00. The zero-order valence-electron chi connectivity index (χ0n) is 8.39. The van der Waals surface area contributed by atoms with Gasteiger partial charge < -0.3 is 10.2 Å². The SMILES string of the molecule is C=C(/C=C\C(=C/C)NC)N(C)C. The van der Waals surface area contributed by atoms with Gasteiger partial charge in [-0.2, -0.15) is 0 Å². The lowest BCUT2D eigenvalue weighted by Gasteiger charge is -2.11. The van der Waals surface area contributed by atoms with Gasteiger partial charge in [-0.25, -0.2) is 0 Å². The highest BCUT2D eigenvalue weighted by Gasteiger charge is 1.89. The van der Waals surface area contributed by atoms with E-state index >= 15 is 0 Å². The molecular formula is C10H18N2. The molecule has 12 heavy (non-hydrogen) atoms. The third-order valence-corrected chi connectivity index (χ3v) is 1.63. The van der Waals surface area contributed by atoms with Gasteiger partial charge in [0.05, 0.1) is 0 Å². The molecule has 0 rings (SSSR count). The number of nitrogens with one attached hydrogen (secondary N) is 1. The maximum absolute atomic E-state index is 3.88. The van der Waals surface area contributed by atoms with Crippen molar-refractivity contribution in [2.45, 2.75) is 6.92 Å². The van der Waals surface area contributed by atoms with E-state index in [1.165, 1.54) is 0 Å². The van der Waals surface area contributed by atoms with E-state index in [1.54, 1.807) is 0 Å². The molecule has 0 bridgehead atoms. The summed E-state index contributed by atoms with van der Waals surface area (Å²) in [6.45, 7) is 5.87. The summed E-state index contributed by atoms with van der Waals surface area (Å²) in [5.74, 6) is 0. The van der Waals surface area contributed by atoms with Crippen LogP contribution < -0.4 is 5.32 Å². The molecule has 0 heterocycles. The number of allylic oxidation sites excluding steroid dienone is 3. The summed E-state index contributed by atoms with van der Waals surface area (Å²) in [4.78, 5) is 1.97. The Labute approximate surface area is 75.3 Å². The van der Waals surface area contributed by atoms with E-state index in [0.717, 1.165) is 11.4 Å². The van der Waals surface area contributed by atoms with E-state index in [2.05, 4.69) is 11.9 Å². The van der Waals surface area contributed by atoms with Crippen molar-refractivity contribution in [3.63, 3.8) is 0 Å². The molecule has 0 aromatic carbocycles. The van der Waals surface area contributed by atoms with Crippen LogP contribution in [-0.2, 0) is 0 Å². The molecule has 0 atom stereocenters. The summed E-state index contributed by atoms with van der Waals surface area (Å²) in [5.41, 5.74) is 2.09. The minimum Gasteiger partial charge on any atom is -0.388 e.